The summed E-state index contributed by atoms with van der Waals surface area (Å²) in [6.07, 6.45) is 1.95. The van der Waals surface area contributed by atoms with E-state index in [0.717, 1.165) is 0 Å². The molecule has 216 valence electrons. The average Bonchev–Trinajstić information content (AvgIpc) is 3.52. The second-order valence-electron chi connectivity index (χ2n) is 11.0. The maximum atomic E-state index is 13.4. The van der Waals surface area contributed by atoms with Gasteiger partial charge in [-0.25, -0.2) is 15.0 Å². The summed E-state index contributed by atoms with van der Waals surface area (Å²) >= 11 is 0. The molecule has 1 aliphatic rings. The summed E-state index contributed by atoms with van der Waals surface area (Å²) in [5.74, 6) is 0.597. The van der Waals surface area contributed by atoms with Crippen LogP contribution >= 0.6 is 0 Å². The third-order valence-corrected chi connectivity index (χ3v) is 6.52. The number of anilines is 2. The molecule has 4 heterocycles. The first-order chi connectivity index (χ1) is 19.3. The molecule has 0 unspecified atom stereocenters. The number of hydrogen-bond donors (Lipinski definition) is 2. The molecule has 0 spiro atoms. The topological polar surface area (TPSA) is 127 Å². The van der Waals surface area contributed by atoms with Gasteiger partial charge in [-0.1, -0.05) is 32.9 Å². The van der Waals surface area contributed by atoms with Gasteiger partial charge in [-0.3, -0.25) is 14.4 Å². The molecule has 3 aromatic heterocycles. The van der Waals surface area contributed by atoms with E-state index in [2.05, 4.69) is 35.7 Å². The summed E-state index contributed by atoms with van der Waals surface area (Å²) in [5.41, 5.74) is 2.37. The van der Waals surface area contributed by atoms with Gasteiger partial charge in [0.05, 0.1) is 24.5 Å². The van der Waals surface area contributed by atoms with Crippen molar-refractivity contribution >= 4 is 17.5 Å². The lowest BCUT2D eigenvalue weighted by molar-refractivity contribution is -0.147. The van der Waals surface area contributed by atoms with E-state index < -0.39 is 24.7 Å². The van der Waals surface area contributed by atoms with Gasteiger partial charge < -0.3 is 15.1 Å². The van der Waals surface area contributed by atoms with Crippen LogP contribution in [0.4, 0.5) is 24.8 Å². The van der Waals surface area contributed by atoms with Crippen molar-refractivity contribution in [1.82, 2.24) is 39.9 Å². The maximum Gasteiger partial charge on any atom is 0.401 e. The van der Waals surface area contributed by atoms with Gasteiger partial charge in [-0.2, -0.15) is 23.3 Å². The van der Waals surface area contributed by atoms with Crippen molar-refractivity contribution in [2.75, 3.05) is 18.4 Å². The van der Waals surface area contributed by atoms with Crippen LogP contribution in [-0.2, 0) is 19.0 Å². The van der Waals surface area contributed by atoms with Gasteiger partial charge in [-0.05, 0) is 23.6 Å². The molecular weight excluding hydrogens is 539 g/mol. The van der Waals surface area contributed by atoms with Gasteiger partial charge in [0.25, 0.3) is 5.91 Å². The summed E-state index contributed by atoms with van der Waals surface area (Å²) in [4.78, 5) is 31.6. The van der Waals surface area contributed by atoms with Crippen molar-refractivity contribution in [3.63, 3.8) is 0 Å². The second kappa shape index (κ2) is 10.9. The fourth-order valence-corrected chi connectivity index (χ4v) is 4.61. The number of hydrogen-bond acceptors (Lipinski definition) is 9. The number of carbonyl (C=O) groups excluding carboxylic acids is 1. The Labute approximate surface area is 234 Å². The van der Waals surface area contributed by atoms with Crippen LogP contribution in [0.2, 0.25) is 0 Å². The SMILES string of the molecule is Cn1cc(Nc2ncnc(-c3ccc4c(c3)CN(CC(F)(F)F)CC[C@@H]4NC(=O)c3coc(C(C)(C)C)n3)n2)cn1. The molecule has 0 saturated carbocycles. The Hall–Kier alpha value is -4.33. The van der Waals surface area contributed by atoms with Gasteiger partial charge in [0, 0.05) is 37.3 Å². The van der Waals surface area contributed by atoms with Crippen LogP contribution in [0, 0.1) is 0 Å². The van der Waals surface area contributed by atoms with Gasteiger partial charge in [-0.15, -0.1) is 0 Å². The number of fused-ring (bicyclic) bond motifs is 1. The van der Waals surface area contributed by atoms with E-state index in [1.54, 1.807) is 42.3 Å². The summed E-state index contributed by atoms with van der Waals surface area (Å²) in [6.45, 7) is 4.85. The highest BCUT2D eigenvalue weighted by Gasteiger charge is 2.34. The minimum absolute atomic E-state index is 0.0407. The molecule has 0 bridgehead atoms. The number of nitrogens with zero attached hydrogens (tertiary/aromatic N) is 7. The van der Waals surface area contributed by atoms with Gasteiger partial charge >= 0.3 is 6.18 Å². The first-order valence-electron chi connectivity index (χ1n) is 13.0. The Morgan fingerprint density at radius 1 is 1.17 bits per heavy atom. The molecule has 1 atom stereocenters. The number of oxazole rings is 1. The van der Waals surface area contributed by atoms with Crippen molar-refractivity contribution < 1.29 is 22.4 Å². The quantitative estimate of drug-likeness (QED) is 0.344. The number of rotatable bonds is 6. The van der Waals surface area contributed by atoms with Crippen molar-refractivity contribution in [3.05, 3.63) is 65.9 Å². The predicted molar refractivity (Wildman–Crippen MR) is 143 cm³/mol. The van der Waals surface area contributed by atoms with Crippen LogP contribution in [0.1, 0.15) is 60.7 Å². The number of carbonyl (C=O) groups is 1. The maximum absolute atomic E-state index is 13.4. The van der Waals surface area contributed by atoms with Crippen molar-refractivity contribution in [2.45, 2.75) is 51.4 Å². The van der Waals surface area contributed by atoms with E-state index in [1.165, 1.54) is 17.5 Å². The normalized spacial score (nSPS) is 16.2. The molecule has 0 saturated heterocycles. The number of amides is 1. The summed E-state index contributed by atoms with van der Waals surface area (Å²) in [5, 5.41) is 10.1. The molecule has 41 heavy (non-hydrogen) atoms. The van der Waals surface area contributed by atoms with Crippen molar-refractivity contribution in [2.24, 2.45) is 7.05 Å². The molecule has 14 heteroatoms. The van der Waals surface area contributed by atoms with E-state index in [9.17, 15) is 18.0 Å². The van der Waals surface area contributed by atoms with E-state index >= 15 is 0 Å². The van der Waals surface area contributed by atoms with Crippen LogP contribution in [0.25, 0.3) is 11.4 Å². The smallest absolute Gasteiger partial charge is 0.401 e. The molecule has 1 aromatic carbocycles. The van der Waals surface area contributed by atoms with E-state index in [-0.39, 0.29) is 30.6 Å². The zero-order valence-electron chi connectivity index (χ0n) is 23.0. The number of alkyl halides is 3. The minimum atomic E-state index is -4.37. The Kier molecular flexibility index (Phi) is 7.51. The highest BCUT2D eigenvalue weighted by molar-refractivity contribution is 5.92. The van der Waals surface area contributed by atoms with Crippen LogP contribution in [-0.4, -0.2) is 59.8 Å². The Balaban J connectivity index is 1.43. The number of aryl methyl sites for hydroxylation is 1. The first kappa shape index (κ1) is 28.2. The molecule has 1 amide bonds. The van der Waals surface area contributed by atoms with E-state index in [1.807, 2.05) is 20.8 Å². The minimum Gasteiger partial charge on any atom is -0.448 e. The van der Waals surface area contributed by atoms with Crippen LogP contribution in [0.5, 0.6) is 0 Å². The number of aromatic nitrogens is 6. The lowest BCUT2D eigenvalue weighted by atomic mass is 9.96. The van der Waals surface area contributed by atoms with E-state index in [0.29, 0.717) is 40.0 Å². The largest absolute Gasteiger partial charge is 0.448 e. The molecule has 5 rings (SSSR count). The summed E-state index contributed by atoms with van der Waals surface area (Å²) in [6, 6.07) is 4.81. The van der Waals surface area contributed by atoms with Crippen molar-refractivity contribution in [1.29, 1.82) is 0 Å². The zero-order chi connectivity index (χ0) is 29.4. The molecule has 11 nitrogen and oxygen atoms in total. The molecule has 4 aromatic rings. The van der Waals surface area contributed by atoms with Gasteiger partial charge in [0.2, 0.25) is 5.95 Å². The van der Waals surface area contributed by atoms with Gasteiger partial charge in [0.15, 0.2) is 17.4 Å². The summed E-state index contributed by atoms with van der Waals surface area (Å²) in [7, 11) is 1.78. The third-order valence-electron chi connectivity index (χ3n) is 6.52. The molecule has 0 radical (unpaired) electrons. The molecule has 1 aliphatic heterocycles. The van der Waals surface area contributed by atoms with Crippen LogP contribution in [0.15, 0.2) is 47.6 Å². The predicted octanol–water partition coefficient (Wildman–Crippen LogP) is 4.54. The number of nitrogens with one attached hydrogen (secondary N) is 2. The highest BCUT2D eigenvalue weighted by atomic mass is 19.4. The molecular formula is C27H30F3N9O2. The summed E-state index contributed by atoms with van der Waals surface area (Å²) < 4.78 is 47.2. The Morgan fingerprint density at radius 2 is 1.98 bits per heavy atom. The molecule has 0 fully saturated rings. The van der Waals surface area contributed by atoms with E-state index in [4.69, 9.17) is 4.42 Å². The fraction of sp³-hybridized carbons (Fsp3) is 0.407. The third kappa shape index (κ3) is 6.88. The number of benzene rings is 1. The Morgan fingerprint density at radius 3 is 2.66 bits per heavy atom. The first-order valence-corrected chi connectivity index (χ1v) is 13.0. The zero-order valence-corrected chi connectivity index (χ0v) is 23.0. The van der Waals surface area contributed by atoms with Crippen molar-refractivity contribution in [3.8, 4) is 11.4 Å². The Bertz CT molecular complexity index is 1540. The monoisotopic (exact) mass is 569 g/mol. The lowest BCUT2D eigenvalue weighted by Gasteiger charge is -2.22. The molecule has 2 N–H and O–H groups in total. The van der Waals surface area contributed by atoms with Crippen LogP contribution in [0.3, 0.4) is 0 Å². The highest BCUT2D eigenvalue weighted by Crippen LogP contribution is 2.32. The van der Waals surface area contributed by atoms with Crippen LogP contribution < -0.4 is 10.6 Å². The average molecular weight is 570 g/mol. The number of halogens is 3. The van der Waals surface area contributed by atoms with Gasteiger partial charge in [0.1, 0.15) is 12.6 Å². The fourth-order valence-electron chi connectivity index (χ4n) is 4.61. The standard InChI is InChI=1S/C27H30F3N9O2/c1-26(2,3)24-36-21(13-41-24)23(40)35-20-7-8-39(14-27(28,29)30)11-17-9-16(5-6-19(17)20)22-31-15-32-25(37-22)34-18-10-33-38(4)12-18/h5-6,9-10,12-13,15,20H,7-8,11,14H2,1-4H3,(H,35,40)(H,31,32,34,37)/t20-/m0/s1. The molecule has 0 aliphatic carbocycles. The second-order valence-corrected chi connectivity index (χ2v) is 11.0. The lowest BCUT2D eigenvalue weighted by Crippen LogP contribution is -2.35.